The average Bonchev–Trinajstić information content (AvgIpc) is 3.03. The third-order valence-corrected chi connectivity index (χ3v) is 5.37. The maximum Gasteiger partial charge on any atom is 0.415 e. The van der Waals surface area contributed by atoms with Crippen molar-refractivity contribution < 1.29 is 27.8 Å². The standard InChI is InChI=1S/C20H22F2N4O4/c1-11(18(23)27)8-12-2-3-13-15(9-12)29-7-5-25-10-16(24-19(13)25)26-14(17(21)22)4-6-30-20(26)28/h2-3,9-11,14,17H,4-8H2,1H3,(H2,23,27)/t11-,14+/m1/s1. The summed E-state index contributed by atoms with van der Waals surface area (Å²) in [5, 5.41) is 0. The lowest BCUT2D eigenvalue weighted by atomic mass is 9.99. The largest absolute Gasteiger partial charge is 0.491 e. The molecule has 0 bridgehead atoms. The quantitative estimate of drug-likeness (QED) is 0.802. The van der Waals surface area contributed by atoms with E-state index in [1.54, 1.807) is 17.7 Å². The summed E-state index contributed by atoms with van der Waals surface area (Å²) in [6, 6.07) is 4.21. The molecule has 160 valence electrons. The first kappa shape index (κ1) is 20.1. The van der Waals surface area contributed by atoms with Gasteiger partial charge in [-0.3, -0.25) is 9.69 Å². The Balaban J connectivity index is 1.69. The number of hydrogen-bond acceptors (Lipinski definition) is 5. The first-order valence-corrected chi connectivity index (χ1v) is 9.72. The molecule has 4 rings (SSSR count). The van der Waals surface area contributed by atoms with E-state index in [1.165, 1.54) is 0 Å². The molecule has 3 heterocycles. The molecule has 2 amide bonds. The van der Waals surface area contributed by atoms with Crippen molar-refractivity contribution in [2.24, 2.45) is 11.7 Å². The number of aromatic nitrogens is 2. The van der Waals surface area contributed by atoms with Crippen LogP contribution in [0.2, 0.25) is 0 Å². The highest BCUT2D eigenvalue weighted by molar-refractivity contribution is 5.88. The lowest BCUT2D eigenvalue weighted by molar-refractivity contribution is -0.121. The number of nitrogens with two attached hydrogens (primary N) is 1. The molecule has 0 aliphatic carbocycles. The molecule has 0 spiro atoms. The number of carbonyl (C=O) groups is 2. The lowest BCUT2D eigenvalue weighted by Crippen LogP contribution is -2.49. The summed E-state index contributed by atoms with van der Waals surface area (Å²) in [5.41, 5.74) is 6.91. The molecule has 2 atom stereocenters. The summed E-state index contributed by atoms with van der Waals surface area (Å²) in [6.45, 7) is 2.49. The normalized spacial score (nSPS) is 19.4. The Morgan fingerprint density at radius 2 is 2.13 bits per heavy atom. The minimum Gasteiger partial charge on any atom is -0.491 e. The van der Waals surface area contributed by atoms with Gasteiger partial charge < -0.3 is 19.8 Å². The van der Waals surface area contributed by atoms with Crippen LogP contribution in [0.4, 0.5) is 19.4 Å². The summed E-state index contributed by atoms with van der Waals surface area (Å²) in [5.74, 6) is 0.510. The number of benzene rings is 1. The van der Waals surface area contributed by atoms with Gasteiger partial charge in [0.25, 0.3) is 6.43 Å². The molecule has 0 radical (unpaired) electrons. The number of halogens is 2. The number of anilines is 1. The average molecular weight is 420 g/mol. The molecule has 1 aromatic carbocycles. The first-order valence-electron chi connectivity index (χ1n) is 9.72. The van der Waals surface area contributed by atoms with Crippen molar-refractivity contribution in [3.63, 3.8) is 0 Å². The molecule has 8 nitrogen and oxygen atoms in total. The number of primary amides is 1. The minimum atomic E-state index is -2.70. The highest BCUT2D eigenvalue weighted by Gasteiger charge is 2.39. The van der Waals surface area contributed by atoms with Gasteiger partial charge in [0, 0.05) is 18.5 Å². The summed E-state index contributed by atoms with van der Waals surface area (Å²) < 4.78 is 39.5. The van der Waals surface area contributed by atoms with Crippen LogP contribution in [0.3, 0.4) is 0 Å². The molecule has 0 unspecified atom stereocenters. The molecule has 1 saturated heterocycles. The number of rotatable bonds is 5. The van der Waals surface area contributed by atoms with Crippen LogP contribution in [-0.2, 0) is 22.5 Å². The third kappa shape index (κ3) is 3.69. The molecule has 2 aromatic rings. The van der Waals surface area contributed by atoms with Crippen LogP contribution >= 0.6 is 0 Å². The Hall–Kier alpha value is -3.17. The van der Waals surface area contributed by atoms with E-state index in [4.69, 9.17) is 15.2 Å². The maximum absolute atomic E-state index is 13.5. The number of fused-ring (bicyclic) bond motifs is 3. The summed E-state index contributed by atoms with van der Waals surface area (Å²) in [6.07, 6.45) is -1.45. The van der Waals surface area contributed by atoms with Crippen molar-refractivity contribution >= 4 is 17.8 Å². The Kier molecular flexibility index (Phi) is 5.31. The van der Waals surface area contributed by atoms with Crippen molar-refractivity contribution in [2.75, 3.05) is 18.1 Å². The summed E-state index contributed by atoms with van der Waals surface area (Å²) in [4.78, 5) is 29.0. The van der Waals surface area contributed by atoms with E-state index in [2.05, 4.69) is 4.98 Å². The Morgan fingerprint density at radius 3 is 2.87 bits per heavy atom. The lowest BCUT2D eigenvalue weighted by Gasteiger charge is -2.32. The van der Waals surface area contributed by atoms with Crippen LogP contribution in [0.5, 0.6) is 5.75 Å². The predicted molar refractivity (Wildman–Crippen MR) is 103 cm³/mol. The van der Waals surface area contributed by atoms with Crippen LogP contribution in [0.1, 0.15) is 18.9 Å². The van der Waals surface area contributed by atoms with Crippen molar-refractivity contribution in [1.29, 1.82) is 0 Å². The number of alkyl halides is 2. The number of ether oxygens (including phenoxy) is 2. The second-order valence-corrected chi connectivity index (χ2v) is 7.48. The van der Waals surface area contributed by atoms with E-state index in [1.807, 2.05) is 18.2 Å². The van der Waals surface area contributed by atoms with Crippen molar-refractivity contribution in [3.05, 3.63) is 30.0 Å². The van der Waals surface area contributed by atoms with Gasteiger partial charge in [-0.2, -0.15) is 0 Å². The van der Waals surface area contributed by atoms with Gasteiger partial charge in [0.05, 0.1) is 18.7 Å². The number of cyclic esters (lactones) is 1. The van der Waals surface area contributed by atoms with E-state index in [0.29, 0.717) is 36.7 Å². The molecule has 0 saturated carbocycles. The number of imidazole rings is 1. The second kappa shape index (κ2) is 7.92. The molecule has 2 N–H and O–H groups in total. The maximum atomic E-state index is 13.5. The number of amides is 2. The van der Waals surface area contributed by atoms with Gasteiger partial charge in [-0.25, -0.2) is 18.6 Å². The van der Waals surface area contributed by atoms with Gasteiger partial charge >= 0.3 is 6.09 Å². The van der Waals surface area contributed by atoms with E-state index < -0.39 is 18.6 Å². The van der Waals surface area contributed by atoms with Crippen LogP contribution in [0, 0.1) is 5.92 Å². The molecule has 1 aromatic heterocycles. The second-order valence-electron chi connectivity index (χ2n) is 7.48. The van der Waals surface area contributed by atoms with Crippen LogP contribution < -0.4 is 15.4 Å². The Labute approximate surface area is 171 Å². The van der Waals surface area contributed by atoms with Crippen LogP contribution in [0.25, 0.3) is 11.4 Å². The van der Waals surface area contributed by atoms with E-state index in [9.17, 15) is 18.4 Å². The smallest absolute Gasteiger partial charge is 0.415 e. The first-order chi connectivity index (χ1) is 14.3. The van der Waals surface area contributed by atoms with Gasteiger partial charge in [0.1, 0.15) is 24.2 Å². The van der Waals surface area contributed by atoms with Crippen molar-refractivity contribution in [2.45, 2.75) is 38.8 Å². The molecular weight excluding hydrogens is 398 g/mol. The zero-order valence-corrected chi connectivity index (χ0v) is 16.4. The molecule has 10 heteroatoms. The van der Waals surface area contributed by atoms with E-state index in [-0.39, 0.29) is 30.7 Å². The van der Waals surface area contributed by atoms with Gasteiger partial charge in [-0.15, -0.1) is 0 Å². The van der Waals surface area contributed by atoms with Gasteiger partial charge in [-0.05, 0) is 24.1 Å². The van der Waals surface area contributed by atoms with Gasteiger partial charge in [0.15, 0.2) is 5.82 Å². The summed E-state index contributed by atoms with van der Waals surface area (Å²) in [7, 11) is 0. The highest BCUT2D eigenvalue weighted by Crippen LogP contribution is 2.36. The van der Waals surface area contributed by atoms with Crippen molar-refractivity contribution in [3.8, 4) is 17.1 Å². The molecule has 30 heavy (non-hydrogen) atoms. The van der Waals surface area contributed by atoms with Gasteiger partial charge in [-0.1, -0.05) is 13.0 Å². The number of hydrogen-bond donors (Lipinski definition) is 1. The van der Waals surface area contributed by atoms with Crippen molar-refractivity contribution in [1.82, 2.24) is 9.55 Å². The Bertz CT molecular complexity index is 978. The fraction of sp³-hybridized carbons (Fsp3) is 0.450. The van der Waals surface area contributed by atoms with Gasteiger partial charge in [0.2, 0.25) is 5.91 Å². The zero-order valence-electron chi connectivity index (χ0n) is 16.4. The van der Waals surface area contributed by atoms with E-state index in [0.717, 1.165) is 10.5 Å². The summed E-state index contributed by atoms with van der Waals surface area (Å²) >= 11 is 0. The molecule has 2 aliphatic rings. The third-order valence-electron chi connectivity index (χ3n) is 5.37. The van der Waals surface area contributed by atoms with Crippen LogP contribution in [-0.4, -0.2) is 47.2 Å². The monoisotopic (exact) mass is 420 g/mol. The van der Waals surface area contributed by atoms with E-state index >= 15 is 0 Å². The highest BCUT2D eigenvalue weighted by atomic mass is 19.3. The zero-order chi connectivity index (χ0) is 21.4. The Morgan fingerprint density at radius 1 is 1.33 bits per heavy atom. The predicted octanol–water partition coefficient (Wildman–Crippen LogP) is 2.59. The molecule has 1 fully saturated rings. The SMILES string of the molecule is C[C@H](Cc1ccc2c(c1)OCCn1cc(N3C(=O)OCC[C@H]3C(F)F)nc1-2)C(N)=O. The number of carbonyl (C=O) groups excluding carboxylic acids is 2. The van der Waals surface area contributed by atoms with Crippen LogP contribution in [0.15, 0.2) is 24.4 Å². The molecular formula is C20H22F2N4O4. The topological polar surface area (TPSA) is 99.7 Å². The number of nitrogens with zero attached hydrogens (tertiary/aromatic N) is 3. The fourth-order valence-corrected chi connectivity index (χ4v) is 3.71. The fourth-order valence-electron chi connectivity index (χ4n) is 3.71. The molecule has 2 aliphatic heterocycles. The minimum absolute atomic E-state index is 0.0344.